The maximum Gasteiger partial charge on any atom is 0.0677 e. The second-order valence-corrected chi connectivity index (χ2v) is 3.24. The van der Waals surface area contributed by atoms with E-state index in [1.807, 2.05) is 19.1 Å². The highest BCUT2D eigenvalue weighted by Crippen LogP contribution is 2.25. The molecule has 0 radical (unpaired) electrons. The fourth-order valence-electron chi connectivity index (χ4n) is 1.56. The SMILES string of the molecule is CC(=N)[C@H]1Cc2ccccc2N1. The first kappa shape index (κ1) is 7.35. The lowest BCUT2D eigenvalue weighted by molar-refractivity contribution is 0.954. The van der Waals surface area contributed by atoms with Gasteiger partial charge in [0.05, 0.1) is 6.04 Å². The summed E-state index contributed by atoms with van der Waals surface area (Å²) < 4.78 is 0. The lowest BCUT2D eigenvalue weighted by Crippen LogP contribution is -2.23. The van der Waals surface area contributed by atoms with E-state index >= 15 is 0 Å². The normalized spacial score (nSPS) is 19.9. The highest BCUT2D eigenvalue weighted by molar-refractivity contribution is 5.89. The largest absolute Gasteiger partial charge is 0.376 e. The molecule has 2 heteroatoms. The maximum atomic E-state index is 7.50. The second-order valence-electron chi connectivity index (χ2n) is 3.24. The minimum atomic E-state index is 0.224. The van der Waals surface area contributed by atoms with E-state index in [1.165, 1.54) is 11.3 Å². The lowest BCUT2D eigenvalue weighted by atomic mass is 10.1. The zero-order valence-electron chi connectivity index (χ0n) is 7.09. The van der Waals surface area contributed by atoms with Gasteiger partial charge in [0.1, 0.15) is 0 Å². The summed E-state index contributed by atoms with van der Waals surface area (Å²) >= 11 is 0. The molecule has 0 saturated heterocycles. The van der Waals surface area contributed by atoms with Crippen molar-refractivity contribution in [3.8, 4) is 0 Å². The van der Waals surface area contributed by atoms with Gasteiger partial charge in [-0.15, -0.1) is 0 Å². The molecule has 0 unspecified atom stereocenters. The van der Waals surface area contributed by atoms with E-state index in [1.54, 1.807) is 0 Å². The molecule has 0 aromatic heterocycles. The molecule has 2 rings (SSSR count). The monoisotopic (exact) mass is 160 g/mol. The summed E-state index contributed by atoms with van der Waals surface area (Å²) in [5.41, 5.74) is 3.23. The predicted octanol–water partition coefficient (Wildman–Crippen LogP) is 2.06. The number of rotatable bonds is 1. The molecule has 2 nitrogen and oxygen atoms in total. The van der Waals surface area contributed by atoms with Gasteiger partial charge in [-0.2, -0.15) is 0 Å². The molecule has 1 heterocycles. The van der Waals surface area contributed by atoms with Gasteiger partial charge in [-0.25, -0.2) is 0 Å². The molecule has 0 bridgehead atoms. The number of nitrogens with one attached hydrogen (secondary N) is 2. The van der Waals surface area contributed by atoms with Crippen molar-refractivity contribution in [2.75, 3.05) is 5.32 Å². The Kier molecular flexibility index (Phi) is 1.61. The number of benzene rings is 1. The van der Waals surface area contributed by atoms with E-state index in [0.717, 1.165) is 6.42 Å². The van der Waals surface area contributed by atoms with Crippen molar-refractivity contribution >= 4 is 11.4 Å². The van der Waals surface area contributed by atoms with Crippen LogP contribution in [0.3, 0.4) is 0 Å². The first-order valence-electron chi connectivity index (χ1n) is 4.17. The molecule has 1 aliphatic heterocycles. The van der Waals surface area contributed by atoms with E-state index in [9.17, 15) is 0 Å². The van der Waals surface area contributed by atoms with Gasteiger partial charge < -0.3 is 10.7 Å². The summed E-state index contributed by atoms with van der Waals surface area (Å²) in [6, 6.07) is 8.47. The quantitative estimate of drug-likeness (QED) is 0.606. The van der Waals surface area contributed by atoms with Gasteiger partial charge in [-0.3, -0.25) is 0 Å². The molecule has 1 aromatic rings. The van der Waals surface area contributed by atoms with Crippen LogP contribution in [0.1, 0.15) is 12.5 Å². The summed E-state index contributed by atoms with van der Waals surface area (Å²) in [6.45, 7) is 1.85. The molecule has 0 spiro atoms. The van der Waals surface area contributed by atoms with Crippen LogP contribution in [0.15, 0.2) is 24.3 Å². The van der Waals surface area contributed by atoms with Crippen molar-refractivity contribution in [2.45, 2.75) is 19.4 Å². The van der Waals surface area contributed by atoms with Gasteiger partial charge in [0.25, 0.3) is 0 Å². The summed E-state index contributed by atoms with van der Waals surface area (Å²) in [4.78, 5) is 0. The second kappa shape index (κ2) is 2.63. The zero-order chi connectivity index (χ0) is 8.55. The summed E-state index contributed by atoms with van der Waals surface area (Å²) in [7, 11) is 0. The minimum Gasteiger partial charge on any atom is -0.376 e. The first-order valence-corrected chi connectivity index (χ1v) is 4.17. The van der Waals surface area contributed by atoms with Crippen LogP contribution < -0.4 is 5.32 Å². The Hall–Kier alpha value is -1.31. The van der Waals surface area contributed by atoms with E-state index < -0.39 is 0 Å². The van der Waals surface area contributed by atoms with Crippen LogP contribution >= 0.6 is 0 Å². The Balaban J connectivity index is 2.27. The molecule has 0 amide bonds. The Bertz CT molecular complexity index is 292. The van der Waals surface area contributed by atoms with Crippen LogP contribution in [0.4, 0.5) is 5.69 Å². The third-order valence-corrected chi connectivity index (χ3v) is 2.29. The van der Waals surface area contributed by atoms with Crippen molar-refractivity contribution in [1.29, 1.82) is 5.41 Å². The van der Waals surface area contributed by atoms with E-state index in [4.69, 9.17) is 5.41 Å². The van der Waals surface area contributed by atoms with Gasteiger partial charge in [0.2, 0.25) is 0 Å². The molecule has 0 aliphatic carbocycles. The Labute approximate surface area is 72.1 Å². The molecule has 0 saturated carbocycles. The number of anilines is 1. The van der Waals surface area contributed by atoms with Gasteiger partial charge in [-0.05, 0) is 25.0 Å². The van der Waals surface area contributed by atoms with Crippen molar-refractivity contribution < 1.29 is 0 Å². The smallest absolute Gasteiger partial charge is 0.0677 e. The zero-order valence-corrected chi connectivity index (χ0v) is 7.09. The molecule has 2 N–H and O–H groups in total. The van der Waals surface area contributed by atoms with Crippen LogP contribution in [0.5, 0.6) is 0 Å². The van der Waals surface area contributed by atoms with Crippen molar-refractivity contribution in [3.05, 3.63) is 29.8 Å². The Morgan fingerprint density at radius 1 is 1.50 bits per heavy atom. The average Bonchev–Trinajstić information content (AvgIpc) is 2.46. The molecule has 1 atom stereocenters. The van der Waals surface area contributed by atoms with Crippen LogP contribution in [0.2, 0.25) is 0 Å². The third kappa shape index (κ3) is 1.09. The molecule has 12 heavy (non-hydrogen) atoms. The van der Waals surface area contributed by atoms with Gasteiger partial charge in [0.15, 0.2) is 0 Å². The highest BCUT2D eigenvalue weighted by atomic mass is 15.0. The summed E-state index contributed by atoms with van der Waals surface area (Å²) in [6.07, 6.45) is 0.964. The molecule has 62 valence electrons. The van der Waals surface area contributed by atoms with Crippen molar-refractivity contribution in [1.82, 2.24) is 0 Å². The molecule has 0 fully saturated rings. The standard InChI is InChI=1S/C10H12N2/c1-7(11)10-6-8-4-2-3-5-9(8)12-10/h2-5,10-12H,6H2,1H3/t10-/m1/s1. The number of hydrogen-bond acceptors (Lipinski definition) is 2. The minimum absolute atomic E-state index is 0.224. The summed E-state index contributed by atoms with van der Waals surface area (Å²) in [5, 5.41) is 10.8. The van der Waals surface area contributed by atoms with Gasteiger partial charge in [0, 0.05) is 11.4 Å². The molecule has 1 aromatic carbocycles. The topological polar surface area (TPSA) is 35.9 Å². The van der Waals surface area contributed by atoms with Crippen molar-refractivity contribution in [3.63, 3.8) is 0 Å². The summed E-state index contributed by atoms with van der Waals surface area (Å²) in [5.74, 6) is 0. The van der Waals surface area contributed by atoms with Gasteiger partial charge in [-0.1, -0.05) is 18.2 Å². The van der Waals surface area contributed by atoms with Crippen LogP contribution in [-0.2, 0) is 6.42 Å². The third-order valence-electron chi connectivity index (χ3n) is 2.29. The fourth-order valence-corrected chi connectivity index (χ4v) is 1.56. The van der Waals surface area contributed by atoms with Crippen LogP contribution in [0, 0.1) is 5.41 Å². The molecular formula is C10H12N2. The average molecular weight is 160 g/mol. The molecule has 1 aliphatic rings. The lowest BCUT2D eigenvalue weighted by Gasteiger charge is -2.07. The highest BCUT2D eigenvalue weighted by Gasteiger charge is 2.20. The first-order chi connectivity index (χ1) is 5.77. The molecular weight excluding hydrogens is 148 g/mol. The Morgan fingerprint density at radius 2 is 2.25 bits per heavy atom. The fraction of sp³-hybridized carbons (Fsp3) is 0.300. The van der Waals surface area contributed by atoms with Crippen molar-refractivity contribution in [2.24, 2.45) is 0 Å². The van der Waals surface area contributed by atoms with Gasteiger partial charge >= 0.3 is 0 Å². The predicted molar refractivity (Wildman–Crippen MR) is 51.0 cm³/mol. The number of para-hydroxylation sites is 1. The van der Waals surface area contributed by atoms with E-state index in [0.29, 0.717) is 5.71 Å². The number of hydrogen-bond donors (Lipinski definition) is 2. The van der Waals surface area contributed by atoms with Crippen LogP contribution in [-0.4, -0.2) is 11.8 Å². The maximum absolute atomic E-state index is 7.50. The number of fused-ring (bicyclic) bond motifs is 1. The Morgan fingerprint density at radius 3 is 2.92 bits per heavy atom. The van der Waals surface area contributed by atoms with E-state index in [-0.39, 0.29) is 6.04 Å². The van der Waals surface area contributed by atoms with E-state index in [2.05, 4.69) is 17.4 Å². The van der Waals surface area contributed by atoms with Crippen LogP contribution in [0.25, 0.3) is 0 Å².